The fourth-order valence-corrected chi connectivity index (χ4v) is 1.48. The average molecular weight is 257 g/mol. The van der Waals surface area contributed by atoms with Crippen LogP contribution in [0, 0.1) is 0 Å². The van der Waals surface area contributed by atoms with Crippen molar-refractivity contribution in [3.63, 3.8) is 0 Å². The Labute approximate surface area is 90.1 Å². The lowest BCUT2D eigenvalue weighted by atomic mass is 10.3. The molecule has 0 fully saturated rings. The minimum absolute atomic E-state index is 0.0581. The van der Waals surface area contributed by atoms with Crippen LogP contribution in [0.15, 0.2) is 18.2 Å². The maximum absolute atomic E-state index is 12.0. The summed E-state index contributed by atoms with van der Waals surface area (Å²) < 4.78 is 47.1. The molecule has 0 aliphatic heterocycles. The van der Waals surface area contributed by atoms with Crippen molar-refractivity contribution < 1.29 is 17.2 Å². The van der Waals surface area contributed by atoms with E-state index in [1.54, 1.807) is 4.72 Å². The van der Waals surface area contributed by atoms with Crippen molar-refractivity contribution in [2.75, 3.05) is 10.5 Å². The van der Waals surface area contributed by atoms with Gasteiger partial charge in [-0.05, 0) is 18.2 Å². The summed E-state index contributed by atoms with van der Waals surface area (Å²) in [5, 5.41) is 0.218. The number of rotatable bonds is 3. The quantitative estimate of drug-likeness (QED) is 0.811. The van der Waals surface area contributed by atoms with Crippen LogP contribution < -0.4 is 10.5 Å². The normalized spacial score (nSPS) is 11.7. The zero-order chi connectivity index (χ0) is 11.6. The number of halogens is 3. The van der Waals surface area contributed by atoms with Crippen molar-refractivity contribution in [2.45, 2.75) is 5.76 Å². The topological polar surface area (TPSA) is 72.2 Å². The first-order chi connectivity index (χ1) is 6.83. The van der Waals surface area contributed by atoms with Crippen LogP contribution in [0.5, 0.6) is 0 Å². The number of benzene rings is 1. The molecular formula is C7H7ClF2N2O2S. The molecule has 1 rings (SSSR count). The number of nitrogens with one attached hydrogen (secondary N) is 1. The smallest absolute Gasteiger partial charge is 0.355 e. The Morgan fingerprint density at radius 3 is 2.47 bits per heavy atom. The monoisotopic (exact) mass is 256 g/mol. The van der Waals surface area contributed by atoms with Crippen molar-refractivity contribution in [3.8, 4) is 0 Å². The van der Waals surface area contributed by atoms with Gasteiger partial charge in [0.05, 0.1) is 16.4 Å². The summed E-state index contributed by atoms with van der Waals surface area (Å²) in [4.78, 5) is 0. The second kappa shape index (κ2) is 4.19. The standard InChI is InChI=1S/C7H7ClF2N2O2S/c8-5-2-1-4(3-6(5)11)12-15(13,14)7(9)10/h1-3,7,12H,11H2. The van der Waals surface area contributed by atoms with Crippen molar-refractivity contribution in [3.05, 3.63) is 23.2 Å². The highest BCUT2D eigenvalue weighted by molar-refractivity contribution is 7.93. The SMILES string of the molecule is Nc1cc(NS(=O)(=O)C(F)F)ccc1Cl. The predicted molar refractivity (Wildman–Crippen MR) is 54.4 cm³/mol. The number of alkyl halides is 2. The molecule has 0 amide bonds. The van der Waals surface area contributed by atoms with E-state index in [9.17, 15) is 17.2 Å². The molecule has 15 heavy (non-hydrogen) atoms. The third kappa shape index (κ3) is 2.93. The van der Waals surface area contributed by atoms with Crippen molar-refractivity contribution >= 4 is 33.0 Å². The lowest BCUT2D eigenvalue weighted by Gasteiger charge is -2.07. The van der Waals surface area contributed by atoms with E-state index in [0.29, 0.717) is 0 Å². The van der Waals surface area contributed by atoms with Crippen molar-refractivity contribution in [1.82, 2.24) is 0 Å². The molecule has 0 aliphatic rings. The van der Waals surface area contributed by atoms with Gasteiger partial charge in [0.2, 0.25) is 0 Å². The van der Waals surface area contributed by atoms with E-state index < -0.39 is 15.8 Å². The molecule has 0 saturated heterocycles. The molecule has 0 aromatic heterocycles. The van der Waals surface area contributed by atoms with E-state index in [-0.39, 0.29) is 16.4 Å². The molecule has 1 aromatic carbocycles. The van der Waals surface area contributed by atoms with Crippen LogP contribution in [0.4, 0.5) is 20.2 Å². The van der Waals surface area contributed by atoms with Crippen molar-refractivity contribution in [2.24, 2.45) is 0 Å². The largest absolute Gasteiger partial charge is 0.397 e. The van der Waals surface area contributed by atoms with Gasteiger partial charge in [0, 0.05) is 0 Å². The number of anilines is 2. The average Bonchev–Trinajstić information content (AvgIpc) is 2.10. The van der Waals surface area contributed by atoms with Gasteiger partial charge in [-0.1, -0.05) is 11.6 Å². The van der Waals surface area contributed by atoms with Gasteiger partial charge in [-0.3, -0.25) is 4.72 Å². The van der Waals surface area contributed by atoms with Crippen LogP contribution in [0.2, 0.25) is 5.02 Å². The highest BCUT2D eigenvalue weighted by atomic mass is 35.5. The predicted octanol–water partition coefficient (Wildman–Crippen LogP) is 1.89. The maximum atomic E-state index is 12.0. The molecule has 1 aromatic rings. The Morgan fingerprint density at radius 1 is 1.40 bits per heavy atom. The summed E-state index contributed by atoms with van der Waals surface area (Å²) in [5.74, 6) is -3.49. The minimum atomic E-state index is -4.66. The molecule has 0 atom stereocenters. The Morgan fingerprint density at radius 2 is 2.00 bits per heavy atom. The Balaban J connectivity index is 2.96. The van der Waals surface area contributed by atoms with E-state index in [0.717, 1.165) is 6.07 Å². The van der Waals surface area contributed by atoms with Gasteiger partial charge in [0.25, 0.3) is 10.0 Å². The highest BCUT2D eigenvalue weighted by Gasteiger charge is 2.23. The second-order valence-electron chi connectivity index (χ2n) is 2.64. The lowest BCUT2D eigenvalue weighted by molar-refractivity contribution is 0.236. The number of hydrogen-bond acceptors (Lipinski definition) is 3. The molecule has 0 unspecified atom stereocenters. The van der Waals surface area contributed by atoms with Crippen LogP contribution in [0.25, 0.3) is 0 Å². The van der Waals surface area contributed by atoms with E-state index in [4.69, 9.17) is 17.3 Å². The number of hydrogen-bond donors (Lipinski definition) is 2. The Kier molecular flexibility index (Phi) is 3.35. The first-order valence-corrected chi connectivity index (χ1v) is 5.60. The van der Waals surface area contributed by atoms with Crippen LogP contribution in [0.1, 0.15) is 0 Å². The minimum Gasteiger partial charge on any atom is -0.397 e. The molecule has 8 heteroatoms. The van der Waals surface area contributed by atoms with Gasteiger partial charge >= 0.3 is 5.76 Å². The fourth-order valence-electron chi connectivity index (χ4n) is 0.816. The third-order valence-electron chi connectivity index (χ3n) is 1.49. The summed E-state index contributed by atoms with van der Waals surface area (Å²) >= 11 is 5.56. The molecule has 84 valence electrons. The van der Waals surface area contributed by atoms with Crippen LogP contribution in [-0.4, -0.2) is 14.2 Å². The number of nitrogen functional groups attached to an aromatic ring is 1. The molecule has 4 nitrogen and oxygen atoms in total. The number of nitrogens with two attached hydrogens (primary N) is 1. The Hall–Kier alpha value is -1.08. The maximum Gasteiger partial charge on any atom is 0.355 e. The summed E-state index contributed by atoms with van der Waals surface area (Å²) in [7, 11) is -4.66. The van der Waals surface area contributed by atoms with Gasteiger partial charge in [-0.25, -0.2) is 8.42 Å². The zero-order valence-electron chi connectivity index (χ0n) is 7.25. The third-order valence-corrected chi connectivity index (χ3v) is 2.82. The molecule has 0 heterocycles. The molecule has 0 bridgehead atoms. The van der Waals surface area contributed by atoms with E-state index in [2.05, 4.69) is 0 Å². The van der Waals surface area contributed by atoms with Crippen LogP contribution in [0.3, 0.4) is 0 Å². The van der Waals surface area contributed by atoms with Gasteiger partial charge in [-0.2, -0.15) is 8.78 Å². The molecule has 0 spiro atoms. The van der Waals surface area contributed by atoms with E-state index >= 15 is 0 Å². The number of sulfonamides is 1. The summed E-state index contributed by atoms with van der Waals surface area (Å²) in [6.07, 6.45) is 0. The molecule has 0 aliphatic carbocycles. The summed E-state index contributed by atoms with van der Waals surface area (Å²) in [6.45, 7) is 0. The highest BCUT2D eigenvalue weighted by Crippen LogP contribution is 2.23. The molecular weight excluding hydrogens is 250 g/mol. The van der Waals surface area contributed by atoms with Gasteiger partial charge < -0.3 is 5.73 Å². The van der Waals surface area contributed by atoms with Crippen LogP contribution in [-0.2, 0) is 10.0 Å². The van der Waals surface area contributed by atoms with Crippen LogP contribution >= 0.6 is 11.6 Å². The van der Waals surface area contributed by atoms with Gasteiger partial charge in [0.1, 0.15) is 0 Å². The van der Waals surface area contributed by atoms with Gasteiger partial charge in [-0.15, -0.1) is 0 Å². The van der Waals surface area contributed by atoms with Gasteiger partial charge in [0.15, 0.2) is 0 Å². The lowest BCUT2D eigenvalue weighted by Crippen LogP contribution is -2.20. The molecule has 0 radical (unpaired) electrons. The van der Waals surface area contributed by atoms with E-state index in [1.807, 2.05) is 0 Å². The molecule has 3 N–H and O–H groups in total. The summed E-state index contributed by atoms with van der Waals surface area (Å²) in [6, 6.07) is 3.70. The zero-order valence-corrected chi connectivity index (χ0v) is 8.82. The summed E-state index contributed by atoms with van der Waals surface area (Å²) in [5.41, 5.74) is 5.41. The Bertz CT molecular complexity index is 464. The van der Waals surface area contributed by atoms with Crippen molar-refractivity contribution in [1.29, 1.82) is 0 Å². The first kappa shape index (κ1) is 12.0. The fraction of sp³-hybridized carbons (Fsp3) is 0.143. The first-order valence-electron chi connectivity index (χ1n) is 3.68. The molecule has 0 saturated carbocycles. The van der Waals surface area contributed by atoms with E-state index in [1.165, 1.54) is 12.1 Å². The second-order valence-corrected chi connectivity index (χ2v) is 4.70.